The van der Waals surface area contributed by atoms with Crippen LogP contribution in [-0.2, 0) is 11.2 Å². The van der Waals surface area contributed by atoms with Crippen molar-refractivity contribution < 1.29 is 18.7 Å². The maximum absolute atomic E-state index is 13.1. The van der Waals surface area contributed by atoms with Crippen LogP contribution in [-0.4, -0.2) is 17.1 Å². The van der Waals surface area contributed by atoms with Gasteiger partial charge in [-0.3, -0.25) is 4.79 Å². The number of carbonyl (C=O) groups is 1. The smallest absolute Gasteiger partial charge is 0.304 e. The largest absolute Gasteiger partial charge is 0.481 e. The molecule has 0 saturated carbocycles. The van der Waals surface area contributed by atoms with Gasteiger partial charge in [-0.1, -0.05) is 6.07 Å². The predicted molar refractivity (Wildman–Crippen MR) is 50.3 cm³/mol. The summed E-state index contributed by atoms with van der Waals surface area (Å²) >= 11 is 0. The third-order valence-electron chi connectivity index (χ3n) is 1.93. The van der Waals surface area contributed by atoms with Gasteiger partial charge in [0.1, 0.15) is 11.6 Å². The van der Waals surface area contributed by atoms with Gasteiger partial charge in [-0.05, 0) is 18.1 Å². The first-order valence-electron chi connectivity index (χ1n) is 4.40. The fourth-order valence-corrected chi connectivity index (χ4v) is 1.27. The molecule has 0 saturated heterocycles. The van der Waals surface area contributed by atoms with Crippen molar-refractivity contribution in [1.29, 1.82) is 0 Å². The van der Waals surface area contributed by atoms with Crippen LogP contribution in [0, 0.1) is 11.6 Å². The average Bonchev–Trinajstić information content (AvgIpc) is 2.08. The van der Waals surface area contributed by atoms with E-state index in [1.807, 2.05) is 0 Å². The van der Waals surface area contributed by atoms with Gasteiger partial charge in [-0.15, -0.1) is 0 Å². The van der Waals surface area contributed by atoms with Crippen molar-refractivity contribution in [3.63, 3.8) is 0 Å². The lowest BCUT2D eigenvalue weighted by Gasteiger charge is -2.09. The molecular weight excluding hydrogens is 204 g/mol. The fraction of sp³-hybridized carbons (Fsp3) is 0.300. The molecule has 0 fully saturated rings. The van der Waals surface area contributed by atoms with E-state index in [1.165, 1.54) is 6.07 Å². The third-order valence-corrected chi connectivity index (χ3v) is 1.93. The fourth-order valence-electron chi connectivity index (χ4n) is 1.27. The zero-order valence-corrected chi connectivity index (χ0v) is 7.91. The van der Waals surface area contributed by atoms with Crippen LogP contribution in [0.1, 0.15) is 12.0 Å². The molecule has 1 aromatic carbocycles. The van der Waals surface area contributed by atoms with Crippen molar-refractivity contribution in [3.05, 3.63) is 35.4 Å². The highest BCUT2D eigenvalue weighted by Crippen LogP contribution is 2.12. The Bertz CT molecular complexity index is 368. The SMILES string of the molecule is N[C@@H](CC(=O)O)Cc1ccc(F)cc1F. The number of carboxylic acids is 1. The van der Waals surface area contributed by atoms with E-state index in [9.17, 15) is 13.6 Å². The van der Waals surface area contributed by atoms with Crippen LogP contribution in [0.3, 0.4) is 0 Å². The number of hydrogen-bond acceptors (Lipinski definition) is 2. The molecule has 0 aromatic heterocycles. The van der Waals surface area contributed by atoms with E-state index in [0.29, 0.717) is 0 Å². The molecular formula is C10H11F2NO2. The molecule has 0 amide bonds. The minimum absolute atomic E-state index is 0.0818. The molecule has 0 aliphatic rings. The molecule has 0 aliphatic heterocycles. The van der Waals surface area contributed by atoms with Gasteiger partial charge in [-0.25, -0.2) is 8.78 Å². The molecule has 0 unspecified atom stereocenters. The van der Waals surface area contributed by atoms with Crippen LogP contribution in [0.5, 0.6) is 0 Å². The Kier molecular flexibility index (Phi) is 3.74. The molecule has 0 heterocycles. The van der Waals surface area contributed by atoms with Gasteiger partial charge in [0.2, 0.25) is 0 Å². The van der Waals surface area contributed by atoms with Gasteiger partial charge < -0.3 is 10.8 Å². The van der Waals surface area contributed by atoms with Crippen molar-refractivity contribution >= 4 is 5.97 Å². The third kappa shape index (κ3) is 3.63. The number of halogens is 2. The summed E-state index contributed by atoms with van der Waals surface area (Å²) in [5.41, 5.74) is 5.70. The number of aliphatic carboxylic acids is 1. The summed E-state index contributed by atoms with van der Waals surface area (Å²) in [7, 11) is 0. The van der Waals surface area contributed by atoms with E-state index in [4.69, 9.17) is 10.8 Å². The van der Waals surface area contributed by atoms with Gasteiger partial charge in [0, 0.05) is 12.1 Å². The van der Waals surface area contributed by atoms with Gasteiger partial charge >= 0.3 is 5.97 Å². The molecule has 0 spiro atoms. The second kappa shape index (κ2) is 4.84. The quantitative estimate of drug-likeness (QED) is 0.795. The van der Waals surface area contributed by atoms with E-state index < -0.39 is 23.6 Å². The van der Waals surface area contributed by atoms with E-state index in [2.05, 4.69) is 0 Å². The topological polar surface area (TPSA) is 63.3 Å². The normalized spacial score (nSPS) is 12.5. The molecule has 0 aliphatic carbocycles. The maximum atomic E-state index is 13.1. The van der Waals surface area contributed by atoms with Crippen molar-refractivity contribution in [2.45, 2.75) is 18.9 Å². The van der Waals surface area contributed by atoms with Gasteiger partial charge in [0.25, 0.3) is 0 Å². The van der Waals surface area contributed by atoms with Crippen LogP contribution in [0.15, 0.2) is 18.2 Å². The van der Waals surface area contributed by atoms with Crippen LogP contribution in [0.25, 0.3) is 0 Å². The molecule has 0 bridgehead atoms. The summed E-state index contributed by atoms with van der Waals surface area (Å²) in [6.45, 7) is 0. The molecule has 15 heavy (non-hydrogen) atoms. The van der Waals surface area contributed by atoms with Crippen molar-refractivity contribution in [2.24, 2.45) is 5.73 Å². The molecule has 1 aromatic rings. The lowest BCUT2D eigenvalue weighted by molar-refractivity contribution is -0.137. The number of nitrogens with two attached hydrogens (primary N) is 1. The van der Waals surface area contributed by atoms with E-state index in [0.717, 1.165) is 12.1 Å². The highest BCUT2D eigenvalue weighted by molar-refractivity contribution is 5.67. The first-order valence-corrected chi connectivity index (χ1v) is 4.40. The molecule has 1 atom stereocenters. The molecule has 82 valence electrons. The van der Waals surface area contributed by atoms with Crippen LogP contribution in [0.4, 0.5) is 8.78 Å². The number of rotatable bonds is 4. The number of hydrogen-bond donors (Lipinski definition) is 2. The summed E-state index contributed by atoms with van der Waals surface area (Å²) < 4.78 is 25.6. The molecule has 3 N–H and O–H groups in total. The molecule has 1 rings (SSSR count). The minimum atomic E-state index is -1.04. The lowest BCUT2D eigenvalue weighted by atomic mass is 10.0. The Balaban J connectivity index is 2.68. The summed E-state index contributed by atoms with van der Waals surface area (Å²) in [4.78, 5) is 10.3. The Morgan fingerprint density at radius 2 is 2.13 bits per heavy atom. The Hall–Kier alpha value is -1.49. The lowest BCUT2D eigenvalue weighted by Crippen LogP contribution is -2.26. The van der Waals surface area contributed by atoms with E-state index in [-0.39, 0.29) is 18.4 Å². The van der Waals surface area contributed by atoms with Crippen molar-refractivity contribution in [1.82, 2.24) is 0 Å². The standard InChI is InChI=1S/C10H11F2NO2/c11-7-2-1-6(9(12)4-7)3-8(13)5-10(14)15/h1-2,4,8H,3,5,13H2,(H,14,15)/t8-/m1/s1. The van der Waals surface area contributed by atoms with Crippen LogP contribution in [0.2, 0.25) is 0 Å². The van der Waals surface area contributed by atoms with Crippen LogP contribution >= 0.6 is 0 Å². The minimum Gasteiger partial charge on any atom is -0.481 e. The monoisotopic (exact) mass is 215 g/mol. The summed E-state index contributed by atoms with van der Waals surface area (Å²) in [6.07, 6.45) is -0.158. The van der Waals surface area contributed by atoms with Crippen molar-refractivity contribution in [3.8, 4) is 0 Å². The summed E-state index contributed by atoms with van der Waals surface area (Å²) in [6, 6.07) is 2.48. The highest BCUT2D eigenvalue weighted by atomic mass is 19.1. The molecule has 0 radical (unpaired) electrons. The number of benzene rings is 1. The van der Waals surface area contributed by atoms with Gasteiger partial charge in [0.05, 0.1) is 6.42 Å². The highest BCUT2D eigenvalue weighted by Gasteiger charge is 2.12. The van der Waals surface area contributed by atoms with Gasteiger partial charge in [-0.2, -0.15) is 0 Å². The predicted octanol–water partition coefficient (Wildman–Crippen LogP) is 1.31. The Labute approximate surface area is 85.5 Å². The zero-order chi connectivity index (χ0) is 11.4. The zero-order valence-electron chi connectivity index (χ0n) is 7.91. The first kappa shape index (κ1) is 11.6. The Morgan fingerprint density at radius 1 is 1.47 bits per heavy atom. The average molecular weight is 215 g/mol. The summed E-state index contributed by atoms with van der Waals surface area (Å²) in [5, 5.41) is 8.44. The van der Waals surface area contributed by atoms with Crippen LogP contribution < -0.4 is 5.73 Å². The number of carboxylic acid groups (broad SMARTS) is 1. The second-order valence-corrected chi connectivity index (χ2v) is 3.30. The molecule has 5 heteroatoms. The molecule has 3 nitrogen and oxygen atoms in total. The summed E-state index contributed by atoms with van der Waals surface area (Å²) in [5.74, 6) is -2.40. The maximum Gasteiger partial charge on any atom is 0.304 e. The first-order chi connectivity index (χ1) is 6.99. The van der Waals surface area contributed by atoms with Crippen molar-refractivity contribution in [2.75, 3.05) is 0 Å². The Morgan fingerprint density at radius 3 is 2.67 bits per heavy atom. The van der Waals surface area contributed by atoms with Gasteiger partial charge in [0.15, 0.2) is 0 Å². The second-order valence-electron chi connectivity index (χ2n) is 3.30. The van der Waals surface area contributed by atoms with E-state index >= 15 is 0 Å². The van der Waals surface area contributed by atoms with E-state index in [1.54, 1.807) is 0 Å².